The van der Waals surface area contributed by atoms with Crippen LogP contribution in [0.25, 0.3) is 16.9 Å². The molecule has 3 heterocycles. The predicted octanol–water partition coefficient (Wildman–Crippen LogP) is 2.99. The monoisotopic (exact) mass is 531 g/mol. The second kappa shape index (κ2) is 12.1. The molecule has 4 aromatic rings. The van der Waals surface area contributed by atoms with Crippen LogP contribution in [-0.2, 0) is 29.2 Å². The molecule has 1 aliphatic heterocycles. The summed E-state index contributed by atoms with van der Waals surface area (Å²) in [4.78, 5) is 36.2. The standard InChI is InChI=1S/C22H20FN5O5.C6H6/c1-3-22(11-32-13(2)29,20(30)33-16-7-8-31-10-16)14-5-4-6-15(9-14)28-12-25-17-18(24)26-21(23)27-19(17)28;1-2-4-6-5-3-1/h1,4-6,9,12,16H,7-8,10-11H2,2H3,(H2,24,26,27);1-6H/t16?,22-;/m0./s1. The van der Waals surface area contributed by atoms with E-state index in [9.17, 15) is 14.0 Å². The molecule has 0 aliphatic carbocycles. The molecule has 2 N–H and O–H groups in total. The summed E-state index contributed by atoms with van der Waals surface area (Å²) in [7, 11) is 0. The van der Waals surface area contributed by atoms with Crippen LogP contribution in [0.1, 0.15) is 18.9 Å². The SMILES string of the molecule is C#C[C@@](COC(C)=O)(C(=O)OC1CCOC1)c1cccc(-n2cnc3c(N)nc(F)nc32)c1.c1ccccc1. The summed E-state index contributed by atoms with van der Waals surface area (Å²) < 4.78 is 31.2. The van der Waals surface area contributed by atoms with Crippen LogP contribution in [-0.4, -0.2) is 57.4 Å². The molecule has 10 nitrogen and oxygen atoms in total. The zero-order chi connectivity index (χ0) is 27.8. The van der Waals surface area contributed by atoms with Crippen molar-refractivity contribution in [3.05, 3.63) is 78.6 Å². The third-order valence-electron chi connectivity index (χ3n) is 5.93. The van der Waals surface area contributed by atoms with Crippen molar-refractivity contribution in [1.82, 2.24) is 19.5 Å². The largest absolute Gasteiger partial charge is 0.463 e. The zero-order valence-electron chi connectivity index (χ0n) is 21.1. The Bertz CT molecular complexity index is 1470. The first-order chi connectivity index (χ1) is 18.8. The van der Waals surface area contributed by atoms with E-state index in [0.717, 1.165) is 0 Å². The van der Waals surface area contributed by atoms with Gasteiger partial charge in [0, 0.05) is 19.0 Å². The molecule has 1 fully saturated rings. The van der Waals surface area contributed by atoms with E-state index in [0.29, 0.717) is 24.3 Å². The topological polar surface area (TPSA) is 131 Å². The summed E-state index contributed by atoms with van der Waals surface area (Å²) in [6.45, 7) is 1.51. The van der Waals surface area contributed by atoms with E-state index in [2.05, 4.69) is 20.9 Å². The Kier molecular flexibility index (Phi) is 8.48. The van der Waals surface area contributed by atoms with Crippen LogP contribution in [0.2, 0.25) is 0 Å². The van der Waals surface area contributed by atoms with Crippen molar-refractivity contribution in [3.63, 3.8) is 0 Å². The van der Waals surface area contributed by atoms with E-state index in [1.165, 1.54) is 17.8 Å². The van der Waals surface area contributed by atoms with Crippen LogP contribution >= 0.6 is 0 Å². The number of benzene rings is 2. The number of imidazole rings is 1. The zero-order valence-corrected chi connectivity index (χ0v) is 21.1. The van der Waals surface area contributed by atoms with Crippen molar-refractivity contribution >= 4 is 28.9 Å². The minimum atomic E-state index is -1.72. The van der Waals surface area contributed by atoms with Crippen LogP contribution in [0.3, 0.4) is 0 Å². The van der Waals surface area contributed by atoms with Crippen molar-refractivity contribution in [2.45, 2.75) is 24.9 Å². The Labute approximate surface area is 223 Å². The Morgan fingerprint density at radius 2 is 1.92 bits per heavy atom. The van der Waals surface area contributed by atoms with E-state index in [1.807, 2.05) is 36.4 Å². The van der Waals surface area contributed by atoms with Gasteiger partial charge < -0.3 is 19.9 Å². The fraction of sp³-hybridized carbons (Fsp3) is 0.250. The predicted molar refractivity (Wildman–Crippen MR) is 140 cm³/mol. The van der Waals surface area contributed by atoms with Gasteiger partial charge in [-0.05, 0) is 17.7 Å². The molecule has 2 aromatic carbocycles. The molecule has 0 amide bonds. The van der Waals surface area contributed by atoms with Crippen molar-refractivity contribution in [2.24, 2.45) is 0 Å². The molecule has 11 heteroatoms. The second-order valence-corrected chi connectivity index (χ2v) is 8.59. The number of anilines is 1. The molecule has 1 saturated heterocycles. The van der Waals surface area contributed by atoms with Crippen molar-refractivity contribution in [1.29, 1.82) is 0 Å². The lowest BCUT2D eigenvalue weighted by atomic mass is 9.81. The summed E-state index contributed by atoms with van der Waals surface area (Å²) in [5.74, 6) is 1.01. The van der Waals surface area contributed by atoms with Gasteiger partial charge in [0.2, 0.25) is 0 Å². The maximum absolute atomic E-state index is 13.8. The lowest BCUT2D eigenvalue weighted by Crippen LogP contribution is -2.43. The number of terminal acetylenes is 1. The van der Waals surface area contributed by atoms with Crippen LogP contribution in [0.4, 0.5) is 10.2 Å². The van der Waals surface area contributed by atoms with Crippen molar-refractivity contribution < 1.29 is 28.2 Å². The van der Waals surface area contributed by atoms with Gasteiger partial charge in [-0.2, -0.15) is 14.4 Å². The van der Waals surface area contributed by atoms with E-state index in [1.54, 1.807) is 24.3 Å². The third-order valence-corrected chi connectivity index (χ3v) is 5.93. The average Bonchev–Trinajstić information content (AvgIpc) is 3.61. The Morgan fingerprint density at radius 3 is 2.54 bits per heavy atom. The number of nitrogens with zero attached hydrogens (tertiary/aromatic N) is 4. The molecule has 0 bridgehead atoms. The third kappa shape index (κ3) is 6.19. The van der Waals surface area contributed by atoms with Crippen LogP contribution in [0.5, 0.6) is 0 Å². The molecule has 1 unspecified atom stereocenters. The number of ether oxygens (including phenoxy) is 3. The maximum atomic E-state index is 13.8. The highest BCUT2D eigenvalue weighted by atomic mass is 19.1. The molecular weight excluding hydrogens is 505 g/mol. The number of esters is 2. The molecule has 2 aromatic heterocycles. The van der Waals surface area contributed by atoms with Crippen LogP contribution < -0.4 is 5.73 Å². The number of fused-ring (bicyclic) bond motifs is 1. The Balaban J connectivity index is 0.000000519. The molecule has 5 rings (SSSR count). The second-order valence-electron chi connectivity index (χ2n) is 8.59. The maximum Gasteiger partial charge on any atom is 0.332 e. The number of hydrogen-bond acceptors (Lipinski definition) is 9. The van der Waals surface area contributed by atoms with Crippen LogP contribution in [0, 0.1) is 18.4 Å². The first-order valence-corrected chi connectivity index (χ1v) is 12.0. The number of rotatable bonds is 6. The normalized spacial score (nSPS) is 15.9. The van der Waals surface area contributed by atoms with Gasteiger partial charge in [0.25, 0.3) is 0 Å². The van der Waals surface area contributed by atoms with E-state index < -0.39 is 36.1 Å². The van der Waals surface area contributed by atoms with E-state index in [4.69, 9.17) is 26.4 Å². The number of aromatic nitrogens is 4. The quantitative estimate of drug-likeness (QED) is 0.227. The number of carbonyl (C=O) groups excluding carboxylic acids is 2. The van der Waals surface area contributed by atoms with Gasteiger partial charge in [0.15, 0.2) is 22.4 Å². The van der Waals surface area contributed by atoms with Gasteiger partial charge in [-0.25, -0.2) is 9.78 Å². The summed E-state index contributed by atoms with van der Waals surface area (Å²) in [5.41, 5.74) is 5.16. The van der Waals surface area contributed by atoms with Gasteiger partial charge in [0.05, 0.1) is 13.2 Å². The number of nitrogen functional groups attached to an aromatic ring is 1. The minimum Gasteiger partial charge on any atom is -0.463 e. The highest BCUT2D eigenvalue weighted by Gasteiger charge is 2.43. The molecule has 1 aliphatic rings. The number of halogens is 1. The number of hydrogen-bond donors (Lipinski definition) is 1. The van der Waals surface area contributed by atoms with Gasteiger partial charge >= 0.3 is 18.0 Å². The molecule has 0 saturated carbocycles. The molecule has 0 spiro atoms. The average molecular weight is 532 g/mol. The Hall–Kier alpha value is -4.82. The van der Waals surface area contributed by atoms with E-state index in [-0.39, 0.29) is 23.6 Å². The minimum absolute atomic E-state index is 0.109. The van der Waals surface area contributed by atoms with Crippen LogP contribution in [0.15, 0.2) is 67.0 Å². The highest BCUT2D eigenvalue weighted by molar-refractivity contribution is 5.88. The fourth-order valence-corrected chi connectivity index (χ4v) is 3.90. The summed E-state index contributed by atoms with van der Waals surface area (Å²) in [5, 5.41) is 0. The van der Waals surface area contributed by atoms with Crippen molar-refractivity contribution in [2.75, 3.05) is 25.6 Å². The van der Waals surface area contributed by atoms with Gasteiger partial charge in [-0.15, -0.1) is 6.42 Å². The molecular formula is C28H26FN5O5. The molecule has 200 valence electrons. The first-order valence-electron chi connectivity index (χ1n) is 12.0. The van der Waals surface area contributed by atoms with Crippen molar-refractivity contribution in [3.8, 4) is 18.0 Å². The summed E-state index contributed by atoms with van der Waals surface area (Å²) in [6, 6.07) is 18.5. The highest BCUT2D eigenvalue weighted by Crippen LogP contribution is 2.30. The molecule has 0 radical (unpaired) electrons. The number of carbonyl (C=O) groups is 2. The lowest BCUT2D eigenvalue weighted by molar-refractivity contribution is -0.158. The summed E-state index contributed by atoms with van der Waals surface area (Å²) in [6.07, 6.45) is 6.29. The van der Waals surface area contributed by atoms with Gasteiger partial charge in [-0.3, -0.25) is 9.36 Å². The number of nitrogens with two attached hydrogens (primary N) is 1. The van der Waals surface area contributed by atoms with Gasteiger partial charge in [0.1, 0.15) is 19.0 Å². The van der Waals surface area contributed by atoms with Gasteiger partial charge in [-0.1, -0.05) is 54.5 Å². The molecule has 2 atom stereocenters. The first kappa shape index (κ1) is 27.2. The smallest absolute Gasteiger partial charge is 0.332 e. The van der Waals surface area contributed by atoms with E-state index >= 15 is 0 Å². The Morgan fingerprint density at radius 1 is 1.21 bits per heavy atom. The fourth-order valence-electron chi connectivity index (χ4n) is 3.90. The lowest BCUT2D eigenvalue weighted by Gasteiger charge is -2.28. The molecule has 39 heavy (non-hydrogen) atoms. The summed E-state index contributed by atoms with van der Waals surface area (Å²) >= 11 is 0.